The van der Waals surface area contributed by atoms with E-state index in [1.165, 1.54) is 13.1 Å². The summed E-state index contributed by atoms with van der Waals surface area (Å²) in [6.45, 7) is 4.11. The fourth-order valence-electron chi connectivity index (χ4n) is 3.67. The first-order valence-electron chi connectivity index (χ1n) is 9.90. The number of rotatable bonds is 4. The maximum Gasteiger partial charge on any atom is 0.269 e. The summed E-state index contributed by atoms with van der Waals surface area (Å²) >= 11 is 0. The molecule has 0 aromatic carbocycles. The lowest BCUT2D eigenvalue weighted by atomic mass is 10.1. The van der Waals surface area contributed by atoms with Gasteiger partial charge in [-0.25, -0.2) is 9.37 Å². The molecule has 0 saturated carbocycles. The van der Waals surface area contributed by atoms with E-state index < -0.39 is 17.7 Å². The minimum absolute atomic E-state index is 0.0217. The van der Waals surface area contributed by atoms with Crippen LogP contribution in [0.4, 0.5) is 14.5 Å². The number of hydrogen-bond donors (Lipinski definition) is 2. The normalized spacial score (nSPS) is 14.8. The Labute approximate surface area is 176 Å². The van der Waals surface area contributed by atoms with Gasteiger partial charge in [0.2, 0.25) is 5.95 Å². The third kappa shape index (κ3) is 4.11. The molecule has 0 aliphatic carbocycles. The van der Waals surface area contributed by atoms with E-state index in [-0.39, 0.29) is 29.0 Å². The number of carbonyl (C=O) groups excluding carboxylic acids is 1. The molecule has 1 amide bonds. The first-order chi connectivity index (χ1) is 14.9. The molecule has 0 spiro atoms. The molecule has 0 unspecified atom stereocenters. The van der Waals surface area contributed by atoms with Gasteiger partial charge in [0, 0.05) is 56.9 Å². The summed E-state index contributed by atoms with van der Waals surface area (Å²) in [4.78, 5) is 37.9. The van der Waals surface area contributed by atoms with E-state index in [4.69, 9.17) is 0 Å². The van der Waals surface area contributed by atoms with Gasteiger partial charge in [-0.05, 0) is 25.1 Å². The van der Waals surface area contributed by atoms with E-state index in [0.29, 0.717) is 42.8 Å². The predicted octanol–water partition coefficient (Wildman–Crippen LogP) is 1.59. The molecule has 4 rings (SSSR count). The monoisotopic (exact) mass is 428 g/mol. The Morgan fingerprint density at radius 3 is 2.65 bits per heavy atom. The highest BCUT2D eigenvalue weighted by molar-refractivity contribution is 5.92. The van der Waals surface area contributed by atoms with Gasteiger partial charge in [-0.2, -0.15) is 4.39 Å². The van der Waals surface area contributed by atoms with Gasteiger partial charge < -0.3 is 15.2 Å². The summed E-state index contributed by atoms with van der Waals surface area (Å²) in [5.41, 5.74) is 0.938. The number of fused-ring (bicyclic) bond motifs is 1. The zero-order valence-electron chi connectivity index (χ0n) is 17.2. The number of aromatic amines is 1. The van der Waals surface area contributed by atoms with E-state index in [1.807, 2.05) is 9.80 Å². The van der Waals surface area contributed by atoms with Crippen LogP contribution in [0.1, 0.15) is 21.7 Å². The van der Waals surface area contributed by atoms with Crippen LogP contribution in [0.2, 0.25) is 0 Å². The van der Waals surface area contributed by atoms with Crippen molar-refractivity contribution in [3.63, 3.8) is 0 Å². The van der Waals surface area contributed by atoms with E-state index in [1.54, 1.807) is 25.3 Å². The Balaban J connectivity index is 1.45. The molecular formula is C21H22F2N6O2. The van der Waals surface area contributed by atoms with E-state index in [0.717, 1.165) is 0 Å². The van der Waals surface area contributed by atoms with Crippen LogP contribution in [0.3, 0.4) is 0 Å². The highest BCUT2D eigenvalue weighted by Gasteiger charge is 2.23. The van der Waals surface area contributed by atoms with Crippen molar-refractivity contribution in [3.8, 4) is 0 Å². The summed E-state index contributed by atoms with van der Waals surface area (Å²) in [7, 11) is 1.46. The molecule has 1 aliphatic rings. The lowest BCUT2D eigenvalue weighted by molar-refractivity contribution is 0.0957. The second kappa shape index (κ2) is 8.38. The van der Waals surface area contributed by atoms with Crippen LogP contribution in [0.15, 0.2) is 29.2 Å². The molecule has 1 saturated heterocycles. The average Bonchev–Trinajstić information content (AvgIpc) is 2.77. The molecule has 1 fully saturated rings. The van der Waals surface area contributed by atoms with Gasteiger partial charge in [0.15, 0.2) is 5.82 Å². The lowest BCUT2D eigenvalue weighted by Crippen LogP contribution is -2.46. The summed E-state index contributed by atoms with van der Waals surface area (Å²) in [6.07, 6.45) is 1.56. The molecule has 0 radical (unpaired) electrons. The van der Waals surface area contributed by atoms with E-state index in [9.17, 15) is 18.4 Å². The molecule has 3 aromatic rings. The van der Waals surface area contributed by atoms with E-state index >= 15 is 0 Å². The number of pyridine rings is 3. The van der Waals surface area contributed by atoms with Gasteiger partial charge in [-0.15, -0.1) is 0 Å². The first kappa shape index (κ1) is 20.9. The summed E-state index contributed by atoms with van der Waals surface area (Å²) in [6, 6.07) is 4.65. The fourth-order valence-corrected chi connectivity index (χ4v) is 3.67. The van der Waals surface area contributed by atoms with Gasteiger partial charge in [0.05, 0.1) is 16.9 Å². The molecule has 8 nitrogen and oxygen atoms in total. The summed E-state index contributed by atoms with van der Waals surface area (Å²) in [5.74, 6) is -1.68. The van der Waals surface area contributed by atoms with Crippen molar-refractivity contribution in [2.75, 3.05) is 38.1 Å². The second-order valence-electron chi connectivity index (χ2n) is 7.48. The molecule has 31 heavy (non-hydrogen) atoms. The highest BCUT2D eigenvalue weighted by Crippen LogP contribution is 2.22. The van der Waals surface area contributed by atoms with Crippen molar-refractivity contribution in [2.45, 2.75) is 13.5 Å². The predicted molar refractivity (Wildman–Crippen MR) is 112 cm³/mol. The van der Waals surface area contributed by atoms with Gasteiger partial charge in [0.25, 0.3) is 11.5 Å². The Kier molecular flexibility index (Phi) is 5.64. The number of nitrogens with one attached hydrogen (secondary N) is 2. The zero-order chi connectivity index (χ0) is 22.1. The number of amides is 1. The summed E-state index contributed by atoms with van der Waals surface area (Å²) < 4.78 is 29.3. The SMILES string of the molecule is CNC(=O)c1ccc(N2CCN(Cc3ncc4cc(C)c(=O)[nH]c4c3F)CC2)c(F)n1. The Morgan fingerprint density at radius 1 is 1.23 bits per heavy atom. The maximum atomic E-state index is 14.9. The molecule has 2 N–H and O–H groups in total. The van der Waals surface area contributed by atoms with Crippen LogP contribution < -0.4 is 15.8 Å². The molecular weight excluding hydrogens is 406 g/mol. The van der Waals surface area contributed by atoms with Crippen molar-refractivity contribution in [3.05, 3.63) is 63.5 Å². The number of piperazine rings is 1. The third-order valence-electron chi connectivity index (χ3n) is 5.46. The third-order valence-corrected chi connectivity index (χ3v) is 5.46. The first-order valence-corrected chi connectivity index (χ1v) is 9.90. The second-order valence-corrected chi connectivity index (χ2v) is 7.48. The molecule has 0 atom stereocenters. The maximum absolute atomic E-state index is 14.9. The molecule has 3 aromatic heterocycles. The minimum Gasteiger partial charge on any atom is -0.365 e. The Morgan fingerprint density at radius 2 is 1.97 bits per heavy atom. The number of aromatic nitrogens is 3. The van der Waals surface area contributed by atoms with Crippen LogP contribution in [0.5, 0.6) is 0 Å². The zero-order valence-corrected chi connectivity index (χ0v) is 17.2. The molecule has 0 bridgehead atoms. The number of anilines is 1. The number of nitrogens with zero attached hydrogens (tertiary/aromatic N) is 4. The smallest absolute Gasteiger partial charge is 0.269 e. The van der Waals surface area contributed by atoms with Gasteiger partial charge in [-0.3, -0.25) is 19.5 Å². The van der Waals surface area contributed by atoms with E-state index in [2.05, 4.69) is 20.3 Å². The topological polar surface area (TPSA) is 94.2 Å². The number of carbonyl (C=O) groups is 1. The van der Waals surface area contributed by atoms with Gasteiger partial charge in [-0.1, -0.05) is 0 Å². The molecule has 4 heterocycles. The van der Waals surface area contributed by atoms with Gasteiger partial charge in [0.1, 0.15) is 5.69 Å². The van der Waals surface area contributed by atoms with Crippen molar-refractivity contribution < 1.29 is 13.6 Å². The number of hydrogen-bond acceptors (Lipinski definition) is 6. The van der Waals surface area contributed by atoms with Crippen LogP contribution in [-0.4, -0.2) is 59.0 Å². The standard InChI is InChI=1S/C21H22F2N6O2/c1-12-9-13-10-25-15(17(22)18(13)27-20(12)30)11-28-5-7-29(8-6-28)16-4-3-14(21(31)24-2)26-19(16)23/h3-4,9-10H,5-8,11H2,1-2H3,(H,24,31)(H,27,30). The number of H-pyrrole nitrogens is 1. The summed E-state index contributed by atoms with van der Waals surface area (Å²) in [5, 5.41) is 2.96. The van der Waals surface area contributed by atoms with Crippen molar-refractivity contribution >= 4 is 22.5 Å². The quantitative estimate of drug-likeness (QED) is 0.613. The Bertz CT molecular complexity index is 1200. The van der Waals surface area contributed by atoms with Crippen LogP contribution in [0.25, 0.3) is 10.9 Å². The van der Waals surface area contributed by atoms with Gasteiger partial charge >= 0.3 is 0 Å². The Hall–Kier alpha value is -3.40. The van der Waals surface area contributed by atoms with Crippen molar-refractivity contribution in [1.82, 2.24) is 25.2 Å². The molecule has 1 aliphatic heterocycles. The van der Waals surface area contributed by atoms with Crippen LogP contribution >= 0.6 is 0 Å². The average molecular weight is 428 g/mol. The number of aryl methyl sites for hydroxylation is 1. The van der Waals surface area contributed by atoms with Crippen LogP contribution in [0, 0.1) is 18.7 Å². The lowest BCUT2D eigenvalue weighted by Gasteiger charge is -2.35. The van der Waals surface area contributed by atoms with Crippen molar-refractivity contribution in [1.29, 1.82) is 0 Å². The number of halogens is 2. The van der Waals surface area contributed by atoms with Crippen LogP contribution in [-0.2, 0) is 6.54 Å². The molecule has 10 heteroatoms. The largest absolute Gasteiger partial charge is 0.365 e. The molecule has 162 valence electrons. The fraction of sp³-hybridized carbons (Fsp3) is 0.333. The minimum atomic E-state index is -0.698. The van der Waals surface area contributed by atoms with Crippen molar-refractivity contribution in [2.24, 2.45) is 0 Å². The highest BCUT2D eigenvalue weighted by atomic mass is 19.1.